The average Bonchev–Trinajstić information content (AvgIpc) is 3.26. The van der Waals surface area contributed by atoms with Crippen LogP contribution in [0.5, 0.6) is 0 Å². The Hall–Kier alpha value is -6.70. The highest BCUT2D eigenvalue weighted by Gasteiger charge is 2.45. The molecule has 0 aromatic heterocycles. The Balaban J connectivity index is 1.17. The molecular formula is C56H43N. The van der Waals surface area contributed by atoms with Gasteiger partial charge in [-0.25, -0.2) is 0 Å². The van der Waals surface area contributed by atoms with Gasteiger partial charge in [0.2, 0.25) is 0 Å². The van der Waals surface area contributed by atoms with E-state index in [1.54, 1.807) is 0 Å². The fourth-order valence-electron chi connectivity index (χ4n) is 10.1. The molecule has 1 aliphatic carbocycles. The molecule has 0 saturated carbocycles. The molecule has 1 aliphatic rings. The van der Waals surface area contributed by atoms with Gasteiger partial charge in [-0.05, 0) is 123 Å². The van der Waals surface area contributed by atoms with Crippen LogP contribution in [0.4, 0.5) is 17.1 Å². The maximum atomic E-state index is 2.47. The van der Waals surface area contributed by atoms with Crippen molar-refractivity contribution in [2.45, 2.75) is 38.5 Å². The van der Waals surface area contributed by atoms with Gasteiger partial charge in [0.25, 0.3) is 0 Å². The van der Waals surface area contributed by atoms with Crippen molar-refractivity contribution in [1.82, 2.24) is 0 Å². The lowest BCUT2D eigenvalue weighted by molar-refractivity contribution is 0.304. The molecule has 0 spiro atoms. The fourth-order valence-corrected chi connectivity index (χ4v) is 10.1. The zero-order chi connectivity index (χ0) is 38.5. The van der Waals surface area contributed by atoms with Gasteiger partial charge in [-0.15, -0.1) is 0 Å². The summed E-state index contributed by atoms with van der Waals surface area (Å²) >= 11 is 0. The summed E-state index contributed by atoms with van der Waals surface area (Å²) in [4.78, 5) is 2.47. The van der Waals surface area contributed by atoms with Crippen LogP contribution in [0.2, 0.25) is 0 Å². The molecule has 0 aliphatic heterocycles. The first kappa shape index (κ1) is 33.6. The molecule has 0 amide bonds. The Morgan fingerprint density at radius 1 is 0.333 bits per heavy atom. The molecule has 57 heavy (non-hydrogen) atoms. The molecule has 0 radical (unpaired) electrons. The summed E-state index contributed by atoms with van der Waals surface area (Å²) in [6.07, 6.45) is 0. The minimum Gasteiger partial charge on any atom is -0.309 e. The monoisotopic (exact) mass is 729 g/mol. The van der Waals surface area contributed by atoms with Crippen molar-refractivity contribution in [2.75, 3.05) is 4.90 Å². The second kappa shape index (κ2) is 12.4. The number of hydrogen-bond donors (Lipinski definition) is 0. The maximum Gasteiger partial charge on any atom is 0.0540 e. The number of hydrogen-bond acceptors (Lipinski definition) is 1. The molecule has 10 aromatic rings. The minimum atomic E-state index is -0.0571. The van der Waals surface area contributed by atoms with E-state index in [-0.39, 0.29) is 10.8 Å². The van der Waals surface area contributed by atoms with E-state index in [0.29, 0.717) is 0 Å². The first-order valence-corrected chi connectivity index (χ1v) is 20.2. The minimum absolute atomic E-state index is 0.0246. The van der Waals surface area contributed by atoms with Gasteiger partial charge in [0, 0.05) is 16.8 Å². The van der Waals surface area contributed by atoms with Crippen LogP contribution in [-0.2, 0) is 10.8 Å². The molecule has 0 saturated heterocycles. The summed E-state index contributed by atoms with van der Waals surface area (Å²) in [6, 6.07) is 69.9. The lowest BCUT2D eigenvalue weighted by Gasteiger charge is -2.47. The van der Waals surface area contributed by atoms with Crippen LogP contribution in [0.25, 0.3) is 76.1 Å². The van der Waals surface area contributed by atoms with Crippen LogP contribution < -0.4 is 4.90 Å². The van der Waals surface area contributed by atoms with Crippen LogP contribution in [0, 0.1) is 0 Å². The number of anilines is 3. The molecule has 11 rings (SSSR count). The molecule has 272 valence electrons. The summed E-state index contributed by atoms with van der Waals surface area (Å²) in [5.41, 5.74) is 11.0. The van der Waals surface area contributed by atoms with Gasteiger partial charge in [-0.2, -0.15) is 0 Å². The van der Waals surface area contributed by atoms with Gasteiger partial charge in [0.15, 0.2) is 0 Å². The van der Waals surface area contributed by atoms with Crippen LogP contribution >= 0.6 is 0 Å². The van der Waals surface area contributed by atoms with E-state index in [2.05, 4.69) is 221 Å². The van der Waals surface area contributed by atoms with Gasteiger partial charge in [-0.3, -0.25) is 0 Å². The van der Waals surface area contributed by atoms with Crippen molar-refractivity contribution in [3.8, 4) is 22.3 Å². The van der Waals surface area contributed by atoms with E-state index in [1.807, 2.05) is 0 Å². The molecule has 0 fully saturated rings. The molecule has 0 atom stereocenters. The molecule has 10 aromatic carbocycles. The molecular weight excluding hydrogens is 687 g/mol. The zero-order valence-electron chi connectivity index (χ0n) is 32.8. The first-order chi connectivity index (χ1) is 27.8. The molecule has 0 heterocycles. The van der Waals surface area contributed by atoms with Crippen molar-refractivity contribution < 1.29 is 0 Å². The second-order valence-corrected chi connectivity index (χ2v) is 16.9. The molecule has 1 nitrogen and oxygen atoms in total. The normalized spacial score (nSPS) is 14.2. The smallest absolute Gasteiger partial charge is 0.0540 e. The van der Waals surface area contributed by atoms with Gasteiger partial charge in [0.1, 0.15) is 0 Å². The standard InChI is InChI=1S/C56H43N/c1-55(2)49-28-16-18-37-35-48(46-27-17-29-50(56(55,3)4)54(46)53(37)49)45-26-13-15-31-52(45)57(38-19-6-5-7-20-38)51-30-14-12-21-39(51)36-32-33-44-42-24-9-8-22-40(42)41-23-10-11-25-43(41)47(44)34-36/h5-35H,1-4H3. The molecule has 1 heteroatoms. The molecule has 0 bridgehead atoms. The first-order valence-electron chi connectivity index (χ1n) is 20.2. The topological polar surface area (TPSA) is 3.24 Å². The van der Waals surface area contributed by atoms with Crippen LogP contribution in [0.3, 0.4) is 0 Å². The van der Waals surface area contributed by atoms with Crippen molar-refractivity contribution in [3.63, 3.8) is 0 Å². The SMILES string of the molecule is CC1(C)c2cccc3cc(-c4ccccc4N(c4ccccc4)c4ccccc4-c4ccc5c6ccccc6c6ccccc6c5c4)c4cccc(c4c23)C1(C)C. The van der Waals surface area contributed by atoms with Crippen LogP contribution in [0.1, 0.15) is 38.8 Å². The van der Waals surface area contributed by atoms with Crippen LogP contribution in [-0.4, -0.2) is 0 Å². The number of para-hydroxylation sites is 3. The van der Waals surface area contributed by atoms with E-state index >= 15 is 0 Å². The highest BCUT2D eigenvalue weighted by molar-refractivity contribution is 6.26. The summed E-state index contributed by atoms with van der Waals surface area (Å²) in [5, 5.41) is 13.1. The van der Waals surface area contributed by atoms with E-state index in [4.69, 9.17) is 0 Å². The van der Waals surface area contributed by atoms with Gasteiger partial charge >= 0.3 is 0 Å². The number of fused-ring (bicyclic) bond motifs is 6. The van der Waals surface area contributed by atoms with Gasteiger partial charge in [0.05, 0.1) is 11.4 Å². The summed E-state index contributed by atoms with van der Waals surface area (Å²) in [5.74, 6) is 0. The lowest BCUT2D eigenvalue weighted by Crippen LogP contribution is -2.42. The summed E-state index contributed by atoms with van der Waals surface area (Å²) in [6.45, 7) is 9.69. The van der Waals surface area contributed by atoms with Crippen LogP contribution in [0.15, 0.2) is 188 Å². The summed E-state index contributed by atoms with van der Waals surface area (Å²) in [7, 11) is 0. The Morgan fingerprint density at radius 3 is 1.49 bits per heavy atom. The Bertz CT molecular complexity index is 3200. The third-order valence-electron chi connectivity index (χ3n) is 13.6. The largest absolute Gasteiger partial charge is 0.309 e. The summed E-state index contributed by atoms with van der Waals surface area (Å²) < 4.78 is 0. The maximum absolute atomic E-state index is 2.47. The fraction of sp³-hybridized carbons (Fsp3) is 0.107. The Labute approximate surface area is 334 Å². The van der Waals surface area contributed by atoms with E-state index in [9.17, 15) is 0 Å². The Morgan fingerprint density at radius 2 is 0.825 bits per heavy atom. The predicted octanol–water partition coefficient (Wildman–Crippen LogP) is 15.8. The molecule has 0 unspecified atom stereocenters. The quantitative estimate of drug-likeness (QED) is 0.159. The third-order valence-corrected chi connectivity index (χ3v) is 13.6. The average molecular weight is 730 g/mol. The number of nitrogens with zero attached hydrogens (tertiary/aromatic N) is 1. The molecule has 0 N–H and O–H groups in total. The van der Waals surface area contributed by atoms with Gasteiger partial charge in [-0.1, -0.05) is 179 Å². The van der Waals surface area contributed by atoms with E-state index < -0.39 is 0 Å². The lowest BCUT2D eigenvalue weighted by atomic mass is 9.56. The van der Waals surface area contributed by atoms with Gasteiger partial charge < -0.3 is 4.90 Å². The highest BCUT2D eigenvalue weighted by atomic mass is 15.1. The Kier molecular flexibility index (Phi) is 7.32. The van der Waals surface area contributed by atoms with E-state index in [1.165, 1.54) is 87.2 Å². The zero-order valence-corrected chi connectivity index (χ0v) is 32.8. The van der Waals surface area contributed by atoms with E-state index in [0.717, 1.165) is 17.1 Å². The highest BCUT2D eigenvalue weighted by Crippen LogP contribution is 2.56. The number of rotatable bonds is 5. The number of benzene rings is 10. The second-order valence-electron chi connectivity index (χ2n) is 16.9. The van der Waals surface area contributed by atoms with Crippen molar-refractivity contribution >= 4 is 70.9 Å². The van der Waals surface area contributed by atoms with Crippen molar-refractivity contribution in [2.24, 2.45) is 0 Å². The van der Waals surface area contributed by atoms with Crippen molar-refractivity contribution in [3.05, 3.63) is 199 Å². The third kappa shape index (κ3) is 4.82. The van der Waals surface area contributed by atoms with Crippen molar-refractivity contribution in [1.29, 1.82) is 0 Å². The predicted molar refractivity (Wildman–Crippen MR) is 246 cm³/mol.